The van der Waals surface area contributed by atoms with Crippen LogP contribution in [0.15, 0.2) is 55.1 Å². The highest BCUT2D eigenvalue weighted by Crippen LogP contribution is 2.24. The van der Waals surface area contributed by atoms with Crippen molar-refractivity contribution in [1.29, 1.82) is 0 Å². The molecule has 0 bridgehead atoms. The fourth-order valence-electron chi connectivity index (χ4n) is 2.65. The molecule has 0 unspecified atom stereocenters. The van der Waals surface area contributed by atoms with Crippen LogP contribution >= 0.6 is 0 Å². The smallest absolute Gasteiger partial charge is 0.290 e. The Morgan fingerprint density at radius 2 is 1.81 bits per heavy atom. The first-order chi connectivity index (χ1) is 13.1. The van der Waals surface area contributed by atoms with E-state index in [1.165, 1.54) is 5.56 Å². The minimum absolute atomic E-state index is 0.250. The molecule has 8 heteroatoms. The highest BCUT2D eigenvalue weighted by atomic mass is 16.3. The molecule has 0 atom stereocenters. The second kappa shape index (κ2) is 8.05. The topological polar surface area (TPSA) is 105 Å². The van der Waals surface area contributed by atoms with Gasteiger partial charge in [0.1, 0.15) is 0 Å². The van der Waals surface area contributed by atoms with Crippen molar-refractivity contribution >= 4 is 23.8 Å². The maximum Gasteiger partial charge on any atom is 0.290 e. The number of rotatable bonds is 3. The molecule has 0 saturated heterocycles. The van der Waals surface area contributed by atoms with Crippen molar-refractivity contribution in [2.45, 2.75) is 13.8 Å². The summed E-state index contributed by atoms with van der Waals surface area (Å²) in [7, 11) is 0. The number of benzene rings is 1. The van der Waals surface area contributed by atoms with Gasteiger partial charge in [0, 0.05) is 24.3 Å². The van der Waals surface area contributed by atoms with Crippen molar-refractivity contribution in [2.75, 3.05) is 5.32 Å². The van der Waals surface area contributed by atoms with Crippen molar-refractivity contribution in [3.8, 4) is 11.4 Å². The van der Waals surface area contributed by atoms with Crippen LogP contribution in [0.5, 0.6) is 0 Å². The lowest BCUT2D eigenvalue weighted by Gasteiger charge is -2.07. The molecule has 0 aliphatic rings. The number of nitrogens with zero attached hydrogens (tertiary/aromatic N) is 5. The van der Waals surface area contributed by atoms with E-state index in [0.29, 0.717) is 5.95 Å². The summed E-state index contributed by atoms with van der Waals surface area (Å²) in [6.07, 6.45) is 7.12. The van der Waals surface area contributed by atoms with Crippen LogP contribution in [-0.4, -0.2) is 35.9 Å². The molecule has 8 nitrogen and oxygen atoms in total. The zero-order valence-corrected chi connectivity index (χ0v) is 14.9. The molecular formula is C19H18N6O2. The Labute approximate surface area is 155 Å². The van der Waals surface area contributed by atoms with Gasteiger partial charge >= 0.3 is 0 Å². The predicted molar refractivity (Wildman–Crippen MR) is 102 cm³/mol. The Morgan fingerprint density at radius 1 is 1.07 bits per heavy atom. The molecule has 0 spiro atoms. The number of fused-ring (bicyclic) bond motifs is 1. The highest BCUT2D eigenvalue weighted by Gasteiger charge is 2.13. The van der Waals surface area contributed by atoms with E-state index >= 15 is 0 Å². The van der Waals surface area contributed by atoms with Gasteiger partial charge in [0.15, 0.2) is 5.65 Å². The fraction of sp³-hybridized carbons (Fsp3) is 0.105. The van der Waals surface area contributed by atoms with Gasteiger partial charge in [0.2, 0.25) is 5.95 Å². The van der Waals surface area contributed by atoms with E-state index in [1.807, 2.05) is 47.9 Å². The summed E-state index contributed by atoms with van der Waals surface area (Å²) in [4.78, 5) is 26.0. The molecule has 3 heterocycles. The number of aromatic nitrogens is 5. The van der Waals surface area contributed by atoms with E-state index in [1.54, 1.807) is 18.6 Å². The van der Waals surface area contributed by atoms with E-state index in [9.17, 15) is 0 Å². The quantitative estimate of drug-likeness (QED) is 0.539. The first-order valence-corrected chi connectivity index (χ1v) is 8.16. The monoisotopic (exact) mass is 362 g/mol. The van der Waals surface area contributed by atoms with Gasteiger partial charge in [0.05, 0.1) is 23.3 Å². The average Bonchev–Trinajstić information content (AvgIpc) is 3.00. The summed E-state index contributed by atoms with van der Waals surface area (Å²) in [5.41, 5.74) is 5.64. The van der Waals surface area contributed by atoms with Gasteiger partial charge in [-0.1, -0.05) is 17.7 Å². The van der Waals surface area contributed by atoms with Crippen molar-refractivity contribution < 1.29 is 9.90 Å². The maximum absolute atomic E-state index is 8.36. The standard InChI is InChI=1S/C18H16N6.CH2O2/c1-12-3-5-14(6-4-12)22-18-20-8-7-15(23-18)17-13(2)21-16-11-19-9-10-24(16)17;2-1-3/h3-11H,1-2H3,(H,20,22,23);1H,(H,2,3). The predicted octanol–water partition coefficient (Wildman–Crippen LogP) is 3.25. The van der Waals surface area contributed by atoms with Crippen molar-refractivity contribution in [1.82, 2.24) is 24.3 Å². The number of anilines is 2. The van der Waals surface area contributed by atoms with Crippen molar-refractivity contribution in [3.63, 3.8) is 0 Å². The molecule has 0 amide bonds. The molecule has 136 valence electrons. The van der Waals surface area contributed by atoms with Crippen LogP contribution < -0.4 is 5.32 Å². The largest absolute Gasteiger partial charge is 0.483 e. The molecular weight excluding hydrogens is 344 g/mol. The zero-order chi connectivity index (χ0) is 19.2. The minimum Gasteiger partial charge on any atom is -0.483 e. The van der Waals surface area contributed by atoms with Crippen LogP contribution in [0.25, 0.3) is 17.0 Å². The van der Waals surface area contributed by atoms with E-state index < -0.39 is 0 Å². The van der Waals surface area contributed by atoms with Crippen LogP contribution in [0.1, 0.15) is 11.3 Å². The second-order valence-electron chi connectivity index (χ2n) is 5.71. The van der Waals surface area contributed by atoms with Crippen LogP contribution in [0.4, 0.5) is 11.6 Å². The Hall–Kier alpha value is -3.81. The molecule has 0 radical (unpaired) electrons. The van der Waals surface area contributed by atoms with Gasteiger partial charge in [-0.25, -0.2) is 15.0 Å². The third kappa shape index (κ3) is 4.06. The van der Waals surface area contributed by atoms with Crippen LogP contribution in [0, 0.1) is 13.8 Å². The summed E-state index contributed by atoms with van der Waals surface area (Å²) in [6.45, 7) is 3.78. The number of carbonyl (C=O) groups is 1. The minimum atomic E-state index is -0.250. The van der Waals surface area contributed by atoms with Gasteiger partial charge in [-0.2, -0.15) is 0 Å². The number of hydrogen-bond donors (Lipinski definition) is 2. The van der Waals surface area contributed by atoms with Crippen LogP contribution in [0.3, 0.4) is 0 Å². The number of carboxylic acid groups (broad SMARTS) is 1. The zero-order valence-electron chi connectivity index (χ0n) is 14.9. The van der Waals surface area contributed by atoms with Gasteiger partial charge in [0.25, 0.3) is 6.47 Å². The van der Waals surface area contributed by atoms with Crippen molar-refractivity contribution in [3.05, 3.63) is 66.4 Å². The lowest BCUT2D eigenvalue weighted by molar-refractivity contribution is -0.122. The Balaban J connectivity index is 0.000000659. The Bertz CT molecular complexity index is 1060. The summed E-state index contributed by atoms with van der Waals surface area (Å²) >= 11 is 0. The summed E-state index contributed by atoms with van der Waals surface area (Å²) < 4.78 is 1.99. The molecule has 1 aromatic carbocycles. The molecule has 27 heavy (non-hydrogen) atoms. The fourth-order valence-corrected chi connectivity index (χ4v) is 2.65. The molecule has 0 aliphatic carbocycles. The Kier molecular flexibility index (Phi) is 5.36. The molecule has 0 saturated carbocycles. The maximum atomic E-state index is 8.36. The molecule has 4 rings (SSSR count). The molecule has 0 fully saturated rings. The van der Waals surface area contributed by atoms with E-state index in [-0.39, 0.29) is 6.47 Å². The lowest BCUT2D eigenvalue weighted by Crippen LogP contribution is -1.99. The average molecular weight is 362 g/mol. The van der Waals surface area contributed by atoms with E-state index in [4.69, 9.17) is 9.90 Å². The summed E-state index contributed by atoms with van der Waals surface area (Å²) in [5.74, 6) is 0.555. The van der Waals surface area contributed by atoms with Gasteiger partial charge in [-0.05, 0) is 32.0 Å². The number of aryl methyl sites for hydroxylation is 2. The third-order valence-corrected chi connectivity index (χ3v) is 3.81. The van der Waals surface area contributed by atoms with Gasteiger partial charge < -0.3 is 10.4 Å². The molecule has 0 aliphatic heterocycles. The van der Waals surface area contributed by atoms with Gasteiger partial charge in [-0.3, -0.25) is 14.2 Å². The number of nitrogens with one attached hydrogen (secondary N) is 1. The van der Waals surface area contributed by atoms with Gasteiger partial charge in [-0.15, -0.1) is 0 Å². The number of hydrogen-bond acceptors (Lipinski definition) is 6. The first kappa shape index (κ1) is 18.0. The molecule has 4 aromatic rings. The normalized spacial score (nSPS) is 10.1. The number of imidazole rings is 1. The highest BCUT2D eigenvalue weighted by molar-refractivity contribution is 5.65. The lowest BCUT2D eigenvalue weighted by atomic mass is 10.2. The second-order valence-corrected chi connectivity index (χ2v) is 5.71. The molecule has 3 aromatic heterocycles. The van der Waals surface area contributed by atoms with E-state index in [2.05, 4.69) is 32.2 Å². The Morgan fingerprint density at radius 3 is 2.56 bits per heavy atom. The van der Waals surface area contributed by atoms with E-state index in [0.717, 1.165) is 28.4 Å². The van der Waals surface area contributed by atoms with Crippen LogP contribution in [0.2, 0.25) is 0 Å². The SMILES string of the molecule is Cc1ccc(Nc2nccc(-c3c(C)nc4cnccn34)n2)cc1.O=CO. The van der Waals surface area contributed by atoms with Crippen LogP contribution in [-0.2, 0) is 4.79 Å². The molecule has 2 N–H and O–H groups in total. The third-order valence-electron chi connectivity index (χ3n) is 3.81. The summed E-state index contributed by atoms with van der Waals surface area (Å²) in [5, 5.41) is 10.1. The first-order valence-electron chi connectivity index (χ1n) is 8.16. The van der Waals surface area contributed by atoms with Crippen molar-refractivity contribution in [2.24, 2.45) is 0 Å². The summed E-state index contributed by atoms with van der Waals surface area (Å²) in [6, 6.07) is 10.0.